The van der Waals surface area contributed by atoms with Crippen LogP contribution >= 0.6 is 0 Å². The number of ether oxygens (including phenoxy) is 4. The fraction of sp³-hybridized carbons (Fsp3) is 0.340. The van der Waals surface area contributed by atoms with Crippen molar-refractivity contribution in [3.63, 3.8) is 0 Å². The Balaban J connectivity index is 1.55. The zero-order valence-corrected chi connectivity index (χ0v) is 33.6. The molecule has 0 fully saturated rings. The van der Waals surface area contributed by atoms with Gasteiger partial charge in [0.25, 0.3) is 0 Å². The average Bonchev–Trinajstić information content (AvgIpc) is 3.17. The van der Waals surface area contributed by atoms with E-state index in [4.69, 9.17) is 23.4 Å². The second-order valence-electron chi connectivity index (χ2n) is 15.1. The lowest BCUT2D eigenvalue weighted by Gasteiger charge is -2.43. The van der Waals surface area contributed by atoms with Crippen LogP contribution in [0, 0.1) is 5.92 Å². The van der Waals surface area contributed by atoms with Crippen LogP contribution in [0.15, 0.2) is 139 Å². The number of allylic oxidation sites excluding steroid dienone is 3. The third kappa shape index (κ3) is 10.8. The number of hydrogen-bond acceptors (Lipinski definition) is 6. The molecule has 1 atom stereocenters. The Hall–Kier alpha value is -4.53. The first-order valence-corrected chi connectivity index (χ1v) is 20.8. The minimum Gasteiger partial charge on any atom is -0.534 e. The summed E-state index contributed by atoms with van der Waals surface area (Å²) in [6, 6.07) is 37.6. The highest BCUT2D eigenvalue weighted by molar-refractivity contribution is 7.00. The largest absolute Gasteiger partial charge is 0.534 e. The van der Waals surface area contributed by atoms with Gasteiger partial charge < -0.3 is 23.4 Å². The van der Waals surface area contributed by atoms with Crippen molar-refractivity contribution in [1.29, 1.82) is 0 Å². The maximum absolute atomic E-state index is 13.4. The average molecular weight is 745 g/mol. The van der Waals surface area contributed by atoms with Crippen molar-refractivity contribution in [1.82, 2.24) is 0 Å². The molecule has 0 amide bonds. The molecule has 0 aliphatic heterocycles. The summed E-state index contributed by atoms with van der Waals surface area (Å²) in [5.74, 6) is 1.61. The molecule has 0 N–H and O–H groups in total. The normalized spacial score (nSPS) is 15.1. The van der Waals surface area contributed by atoms with Crippen molar-refractivity contribution >= 4 is 30.6 Å². The van der Waals surface area contributed by atoms with E-state index in [2.05, 4.69) is 124 Å². The first-order chi connectivity index (χ1) is 26.1. The first kappa shape index (κ1) is 40.6. The summed E-state index contributed by atoms with van der Waals surface area (Å²) in [4.78, 5) is 13.4. The van der Waals surface area contributed by atoms with Crippen molar-refractivity contribution in [2.24, 2.45) is 5.92 Å². The van der Waals surface area contributed by atoms with Crippen molar-refractivity contribution in [2.45, 2.75) is 65.0 Å². The number of hydrogen-bond donors (Lipinski definition) is 0. The monoisotopic (exact) mass is 744 g/mol. The third-order valence-electron chi connectivity index (χ3n) is 9.90. The van der Waals surface area contributed by atoms with E-state index in [-0.39, 0.29) is 23.5 Å². The van der Waals surface area contributed by atoms with E-state index in [1.807, 2.05) is 31.2 Å². The van der Waals surface area contributed by atoms with Gasteiger partial charge in [-0.3, -0.25) is 4.79 Å². The van der Waals surface area contributed by atoms with Gasteiger partial charge in [-0.1, -0.05) is 123 Å². The Bertz CT molecular complexity index is 1820. The molecule has 0 bridgehead atoms. The standard InChI is InChI=1S/C47H56O6Si/c1-36(2)22-23-38-24-25-39(31-45(38)48)41(34-51-35-50-29-28-49-6)30-40-26-27-42(32-46(40)52-33-37-16-10-7-11-17-37)53-54(47(3,4)5,43-18-12-8-13-19-43)44-20-14-9-15-21-44/h7-21,24,26-27,30,32,39H,1,22-23,25,28-29,31,33-35H2,2-6H3/b41-30+/t39-/m1/s1. The van der Waals surface area contributed by atoms with Crippen LogP contribution in [0.3, 0.4) is 0 Å². The highest BCUT2D eigenvalue weighted by Gasteiger charge is 2.52. The van der Waals surface area contributed by atoms with Gasteiger partial charge in [0.05, 0.1) is 19.8 Å². The molecule has 0 saturated carbocycles. The van der Waals surface area contributed by atoms with Crippen LogP contribution in [0.25, 0.3) is 6.08 Å². The van der Waals surface area contributed by atoms with Crippen LogP contribution in [0.4, 0.5) is 0 Å². The molecule has 6 nitrogen and oxygen atoms in total. The second-order valence-corrected chi connectivity index (χ2v) is 19.3. The lowest BCUT2D eigenvalue weighted by molar-refractivity contribution is -0.116. The lowest BCUT2D eigenvalue weighted by atomic mass is 9.81. The smallest absolute Gasteiger partial charge is 0.319 e. The van der Waals surface area contributed by atoms with E-state index in [0.29, 0.717) is 38.6 Å². The van der Waals surface area contributed by atoms with Crippen molar-refractivity contribution < 1.29 is 28.2 Å². The van der Waals surface area contributed by atoms with Gasteiger partial charge in [-0.15, -0.1) is 6.58 Å². The summed E-state index contributed by atoms with van der Waals surface area (Å²) >= 11 is 0. The van der Waals surface area contributed by atoms with Gasteiger partial charge in [-0.2, -0.15) is 0 Å². The van der Waals surface area contributed by atoms with Crippen molar-refractivity contribution in [3.8, 4) is 11.5 Å². The number of carbonyl (C=O) groups excluding carboxylic acids is 1. The van der Waals surface area contributed by atoms with Crippen molar-refractivity contribution in [3.05, 3.63) is 150 Å². The molecule has 54 heavy (non-hydrogen) atoms. The Kier molecular flexibility index (Phi) is 14.8. The molecular weight excluding hydrogens is 689 g/mol. The SMILES string of the molecule is C=C(C)CCC1=CC[C@@H](/C(=C/c2ccc(O[Si](c3ccccc3)(c3ccccc3)C(C)(C)C)cc2OCc2ccccc2)COCOCCOC)CC1=O. The van der Waals surface area contributed by atoms with E-state index in [0.717, 1.165) is 52.9 Å². The molecule has 5 rings (SSSR count). The van der Waals surface area contributed by atoms with E-state index >= 15 is 0 Å². The number of Topliss-reactive ketones (excluding diaryl/α,β-unsaturated/α-hetero) is 1. The highest BCUT2D eigenvalue weighted by atomic mass is 28.4. The molecule has 0 aromatic heterocycles. The van der Waals surface area contributed by atoms with Gasteiger partial charge in [0.1, 0.15) is 24.9 Å². The van der Waals surface area contributed by atoms with Gasteiger partial charge in [-0.25, -0.2) is 0 Å². The Labute approximate surface area is 323 Å². The molecule has 0 unspecified atom stereocenters. The fourth-order valence-corrected chi connectivity index (χ4v) is 11.4. The van der Waals surface area contributed by atoms with Gasteiger partial charge in [0.15, 0.2) is 5.78 Å². The Morgan fingerprint density at radius 1 is 0.870 bits per heavy atom. The maximum Gasteiger partial charge on any atom is 0.319 e. The zero-order valence-electron chi connectivity index (χ0n) is 32.6. The molecule has 1 aliphatic carbocycles. The number of ketones is 1. The minimum atomic E-state index is -2.90. The summed E-state index contributed by atoms with van der Waals surface area (Å²) in [5, 5.41) is 2.19. The van der Waals surface area contributed by atoms with Crippen molar-refractivity contribution in [2.75, 3.05) is 33.7 Å². The van der Waals surface area contributed by atoms with E-state index < -0.39 is 8.32 Å². The quantitative estimate of drug-likeness (QED) is 0.0413. The number of benzene rings is 4. The Morgan fingerprint density at radius 2 is 1.52 bits per heavy atom. The topological polar surface area (TPSA) is 63.2 Å². The summed E-state index contributed by atoms with van der Waals surface area (Å²) in [6.07, 6.45) is 6.97. The van der Waals surface area contributed by atoms with E-state index in [9.17, 15) is 4.79 Å². The van der Waals surface area contributed by atoms with Gasteiger partial charge in [-0.05, 0) is 82.4 Å². The lowest BCUT2D eigenvalue weighted by Crippen LogP contribution is -2.68. The predicted octanol–water partition coefficient (Wildman–Crippen LogP) is 9.49. The maximum atomic E-state index is 13.4. The summed E-state index contributed by atoms with van der Waals surface area (Å²) < 4.78 is 30.9. The van der Waals surface area contributed by atoms with Crippen LogP contribution in [0.2, 0.25) is 5.04 Å². The molecule has 0 saturated heterocycles. The van der Waals surface area contributed by atoms with Crippen LogP contribution in [0.5, 0.6) is 11.5 Å². The predicted molar refractivity (Wildman–Crippen MR) is 222 cm³/mol. The zero-order chi connectivity index (χ0) is 38.4. The van der Waals surface area contributed by atoms with E-state index in [1.54, 1.807) is 7.11 Å². The van der Waals surface area contributed by atoms with Crippen LogP contribution in [-0.4, -0.2) is 47.8 Å². The Morgan fingerprint density at radius 3 is 2.11 bits per heavy atom. The van der Waals surface area contributed by atoms with Gasteiger partial charge in [0.2, 0.25) is 0 Å². The fourth-order valence-electron chi connectivity index (χ4n) is 6.99. The molecule has 4 aromatic carbocycles. The molecule has 0 radical (unpaired) electrons. The molecule has 4 aromatic rings. The van der Waals surface area contributed by atoms with Gasteiger partial charge in [0, 0.05) is 25.2 Å². The molecule has 1 aliphatic rings. The van der Waals surface area contributed by atoms with Crippen LogP contribution in [-0.2, 0) is 25.6 Å². The highest BCUT2D eigenvalue weighted by Crippen LogP contribution is 2.40. The number of rotatable bonds is 19. The number of methoxy groups -OCH3 is 1. The molecule has 7 heteroatoms. The van der Waals surface area contributed by atoms with Crippen LogP contribution in [0.1, 0.15) is 64.5 Å². The van der Waals surface area contributed by atoms with Gasteiger partial charge >= 0.3 is 8.32 Å². The first-order valence-electron chi connectivity index (χ1n) is 18.9. The molecule has 0 spiro atoms. The van der Waals surface area contributed by atoms with Crippen LogP contribution < -0.4 is 19.5 Å². The van der Waals surface area contributed by atoms with E-state index in [1.165, 1.54) is 10.4 Å². The summed E-state index contributed by atoms with van der Waals surface area (Å²) in [6.45, 7) is 14.6. The second kappa shape index (κ2) is 19.7. The molecular formula is C47H56O6Si. The summed E-state index contributed by atoms with van der Waals surface area (Å²) in [7, 11) is -1.25. The summed E-state index contributed by atoms with van der Waals surface area (Å²) in [5.41, 5.74) is 4.95. The molecule has 0 heterocycles. The molecule has 284 valence electrons. The minimum absolute atomic E-state index is 0.0138. The third-order valence-corrected chi connectivity index (χ3v) is 14.8. The number of carbonyl (C=O) groups is 1.